The highest BCUT2D eigenvalue weighted by atomic mass is 14.8. The van der Waals surface area contributed by atoms with Crippen molar-refractivity contribution in [3.05, 3.63) is 53.2 Å². The second-order valence-corrected chi connectivity index (χ2v) is 3.60. The summed E-state index contributed by atoms with van der Waals surface area (Å²) >= 11 is 0. The molecule has 1 heterocycles. The molecule has 0 fully saturated rings. The molecule has 0 aromatic heterocycles. The zero-order valence-corrected chi connectivity index (χ0v) is 8.96. The van der Waals surface area contributed by atoms with Gasteiger partial charge in [0, 0.05) is 6.54 Å². The van der Waals surface area contributed by atoms with Gasteiger partial charge in [0.05, 0.1) is 0 Å². The number of allylic oxidation sites excluding steroid dienone is 1. The summed E-state index contributed by atoms with van der Waals surface area (Å²) < 4.78 is 0. The van der Waals surface area contributed by atoms with Gasteiger partial charge in [-0.05, 0) is 53.6 Å². The van der Waals surface area contributed by atoms with Crippen molar-refractivity contribution in [3.63, 3.8) is 0 Å². The lowest BCUT2D eigenvalue weighted by Crippen LogP contribution is -2.10. The van der Waals surface area contributed by atoms with E-state index in [4.69, 9.17) is 0 Å². The van der Waals surface area contributed by atoms with Gasteiger partial charge in [-0.1, -0.05) is 24.8 Å². The molecule has 1 aliphatic rings. The number of fused-ring (bicyclic) bond motifs is 1. The molecule has 1 heteroatoms. The summed E-state index contributed by atoms with van der Waals surface area (Å²) in [6, 6.07) is 4.41. The molecule has 1 aliphatic heterocycles. The topological polar surface area (TPSA) is 12.0 Å². The van der Waals surface area contributed by atoms with Crippen molar-refractivity contribution < 1.29 is 0 Å². The first kappa shape index (κ1) is 9.78. The lowest BCUT2D eigenvalue weighted by molar-refractivity contribution is 0.858. The van der Waals surface area contributed by atoms with E-state index in [0.29, 0.717) is 0 Å². The third kappa shape index (κ3) is 1.86. The SMILES string of the molecule is C=Cc1cc2c(cc1/C=C\C)CNC=C2. The van der Waals surface area contributed by atoms with E-state index in [-0.39, 0.29) is 0 Å². The maximum Gasteiger partial charge on any atom is 0.0401 e. The molecule has 0 aliphatic carbocycles. The molecule has 0 saturated heterocycles. The van der Waals surface area contributed by atoms with E-state index >= 15 is 0 Å². The van der Waals surface area contributed by atoms with Crippen LogP contribution in [0, 0.1) is 0 Å². The van der Waals surface area contributed by atoms with Crippen LogP contribution in [-0.4, -0.2) is 0 Å². The molecule has 76 valence electrons. The van der Waals surface area contributed by atoms with Gasteiger partial charge in [0.25, 0.3) is 0 Å². The molecule has 15 heavy (non-hydrogen) atoms. The van der Waals surface area contributed by atoms with E-state index in [0.717, 1.165) is 6.54 Å². The normalized spacial score (nSPS) is 13.7. The molecule has 0 spiro atoms. The highest BCUT2D eigenvalue weighted by Gasteiger charge is 2.06. The van der Waals surface area contributed by atoms with Crippen molar-refractivity contribution >= 4 is 18.2 Å². The summed E-state index contributed by atoms with van der Waals surface area (Å²) in [6.45, 7) is 6.79. The molecule has 1 aromatic rings. The minimum absolute atomic E-state index is 0.911. The van der Waals surface area contributed by atoms with Gasteiger partial charge >= 0.3 is 0 Å². The highest BCUT2D eigenvalue weighted by Crippen LogP contribution is 2.22. The highest BCUT2D eigenvalue weighted by molar-refractivity contribution is 5.70. The smallest absolute Gasteiger partial charge is 0.0401 e. The summed E-state index contributed by atoms with van der Waals surface area (Å²) in [7, 11) is 0. The van der Waals surface area contributed by atoms with E-state index in [1.165, 1.54) is 22.3 Å². The van der Waals surface area contributed by atoms with Crippen LogP contribution in [0.3, 0.4) is 0 Å². The third-order valence-corrected chi connectivity index (χ3v) is 2.58. The first-order valence-electron chi connectivity index (χ1n) is 5.17. The fourth-order valence-electron chi connectivity index (χ4n) is 1.82. The summed E-state index contributed by atoms with van der Waals surface area (Å²) in [5.74, 6) is 0. The summed E-state index contributed by atoms with van der Waals surface area (Å²) in [6.07, 6.45) is 10.2. The Kier molecular flexibility index (Phi) is 2.72. The lowest BCUT2D eigenvalue weighted by Gasteiger charge is -2.14. The zero-order valence-electron chi connectivity index (χ0n) is 8.96. The van der Waals surface area contributed by atoms with Gasteiger partial charge in [0.1, 0.15) is 0 Å². The van der Waals surface area contributed by atoms with Crippen molar-refractivity contribution in [2.45, 2.75) is 13.5 Å². The van der Waals surface area contributed by atoms with Crippen molar-refractivity contribution in [3.8, 4) is 0 Å². The minimum atomic E-state index is 0.911. The van der Waals surface area contributed by atoms with Gasteiger partial charge in [0.15, 0.2) is 0 Å². The fraction of sp³-hybridized carbons (Fsp3) is 0.143. The maximum absolute atomic E-state index is 3.85. The quantitative estimate of drug-likeness (QED) is 0.765. The molecule has 0 unspecified atom stereocenters. The van der Waals surface area contributed by atoms with Crippen LogP contribution in [0.25, 0.3) is 18.2 Å². The van der Waals surface area contributed by atoms with Crippen LogP contribution < -0.4 is 5.32 Å². The van der Waals surface area contributed by atoms with Crippen molar-refractivity contribution in [1.29, 1.82) is 0 Å². The van der Waals surface area contributed by atoms with Gasteiger partial charge in [-0.2, -0.15) is 0 Å². The molecule has 0 saturated carbocycles. The second kappa shape index (κ2) is 4.18. The predicted octanol–water partition coefficient (Wildman–Crippen LogP) is 3.44. The third-order valence-electron chi connectivity index (χ3n) is 2.58. The predicted molar refractivity (Wildman–Crippen MR) is 67.1 cm³/mol. The maximum atomic E-state index is 3.85. The molecular weight excluding hydrogens is 182 g/mol. The average molecular weight is 197 g/mol. The number of hydrogen-bond donors (Lipinski definition) is 1. The van der Waals surface area contributed by atoms with Gasteiger partial charge in [-0.15, -0.1) is 0 Å². The largest absolute Gasteiger partial charge is 0.387 e. The zero-order chi connectivity index (χ0) is 10.7. The Morgan fingerprint density at radius 3 is 2.93 bits per heavy atom. The number of hydrogen-bond acceptors (Lipinski definition) is 1. The van der Waals surface area contributed by atoms with Crippen LogP contribution >= 0.6 is 0 Å². The number of nitrogens with one attached hydrogen (secondary N) is 1. The average Bonchev–Trinajstić information content (AvgIpc) is 2.28. The van der Waals surface area contributed by atoms with E-state index in [1.54, 1.807) is 0 Å². The van der Waals surface area contributed by atoms with Gasteiger partial charge in [0.2, 0.25) is 0 Å². The molecule has 0 bridgehead atoms. The number of rotatable bonds is 2. The van der Waals surface area contributed by atoms with Gasteiger partial charge in [-0.25, -0.2) is 0 Å². The Labute approximate surface area is 90.8 Å². The van der Waals surface area contributed by atoms with Crippen molar-refractivity contribution in [2.24, 2.45) is 0 Å². The van der Waals surface area contributed by atoms with E-state index in [1.807, 2.05) is 19.2 Å². The van der Waals surface area contributed by atoms with Crippen molar-refractivity contribution in [1.82, 2.24) is 5.32 Å². The molecule has 0 radical (unpaired) electrons. The molecule has 2 rings (SSSR count). The first-order valence-corrected chi connectivity index (χ1v) is 5.17. The second-order valence-electron chi connectivity index (χ2n) is 3.60. The standard InChI is InChI=1S/C14H15N/c1-3-5-12-9-14-10-15-7-6-13(14)8-11(12)4-2/h3-9,15H,2,10H2,1H3/b5-3-. The molecular formula is C14H15N. The Morgan fingerprint density at radius 1 is 1.33 bits per heavy atom. The van der Waals surface area contributed by atoms with Crippen LogP contribution in [0.1, 0.15) is 29.2 Å². The van der Waals surface area contributed by atoms with E-state index in [2.05, 4.69) is 42.3 Å². The molecule has 1 nitrogen and oxygen atoms in total. The Hall–Kier alpha value is -1.76. The number of benzene rings is 1. The van der Waals surface area contributed by atoms with Crippen LogP contribution in [0.4, 0.5) is 0 Å². The van der Waals surface area contributed by atoms with E-state index in [9.17, 15) is 0 Å². The van der Waals surface area contributed by atoms with Crippen molar-refractivity contribution in [2.75, 3.05) is 0 Å². The van der Waals surface area contributed by atoms with Crippen LogP contribution in [0.2, 0.25) is 0 Å². The first-order chi connectivity index (χ1) is 7.35. The Bertz CT molecular complexity index is 439. The van der Waals surface area contributed by atoms with Gasteiger partial charge in [-0.3, -0.25) is 0 Å². The molecule has 0 atom stereocenters. The van der Waals surface area contributed by atoms with Gasteiger partial charge < -0.3 is 5.32 Å². The monoisotopic (exact) mass is 197 g/mol. The van der Waals surface area contributed by atoms with Crippen LogP contribution in [0.15, 0.2) is 31.0 Å². The summed E-state index contributed by atoms with van der Waals surface area (Å²) in [4.78, 5) is 0. The Morgan fingerprint density at radius 2 is 2.20 bits per heavy atom. The summed E-state index contributed by atoms with van der Waals surface area (Å²) in [5, 5.41) is 3.22. The molecule has 1 N–H and O–H groups in total. The Balaban J connectivity index is 2.57. The summed E-state index contributed by atoms with van der Waals surface area (Å²) in [5.41, 5.74) is 5.06. The van der Waals surface area contributed by atoms with Crippen LogP contribution in [0.5, 0.6) is 0 Å². The van der Waals surface area contributed by atoms with Crippen LogP contribution in [-0.2, 0) is 6.54 Å². The van der Waals surface area contributed by atoms with E-state index < -0.39 is 0 Å². The fourth-order valence-corrected chi connectivity index (χ4v) is 1.82. The molecule has 1 aromatic carbocycles. The minimum Gasteiger partial charge on any atom is -0.387 e. The molecule has 0 amide bonds. The lowest BCUT2D eigenvalue weighted by atomic mass is 9.96.